The quantitative estimate of drug-likeness (QED) is 0.871. The van der Waals surface area contributed by atoms with Crippen molar-refractivity contribution in [2.75, 3.05) is 6.61 Å². The van der Waals surface area contributed by atoms with Crippen molar-refractivity contribution in [2.24, 2.45) is 5.92 Å². The molecule has 1 aliphatic rings. The van der Waals surface area contributed by atoms with Crippen LogP contribution in [0.4, 0.5) is 0 Å². The highest BCUT2D eigenvalue weighted by Crippen LogP contribution is 2.34. The van der Waals surface area contributed by atoms with Gasteiger partial charge >= 0.3 is 0 Å². The molecule has 2 rings (SSSR count). The standard InChI is InChI=1S/C13H15BrClNO2/c14-10-3-1-2-9(12(10)15)13(18)16-11(6-7-17)8-4-5-8/h1-3,8,11,17H,4-7H2,(H,16,18). The lowest BCUT2D eigenvalue weighted by Gasteiger charge is -2.17. The Morgan fingerprint density at radius 1 is 1.56 bits per heavy atom. The first-order chi connectivity index (χ1) is 8.63. The second-order valence-corrected chi connectivity index (χ2v) is 5.76. The summed E-state index contributed by atoms with van der Waals surface area (Å²) >= 11 is 9.39. The molecule has 0 aliphatic heterocycles. The van der Waals surface area contributed by atoms with Crippen molar-refractivity contribution in [2.45, 2.75) is 25.3 Å². The van der Waals surface area contributed by atoms with Gasteiger partial charge in [0.25, 0.3) is 5.91 Å². The summed E-state index contributed by atoms with van der Waals surface area (Å²) < 4.78 is 0.710. The number of amides is 1. The van der Waals surface area contributed by atoms with Gasteiger partial charge in [0.1, 0.15) is 0 Å². The summed E-state index contributed by atoms with van der Waals surface area (Å²) in [5.41, 5.74) is 0.467. The van der Waals surface area contributed by atoms with Crippen LogP contribution in [0.3, 0.4) is 0 Å². The normalized spacial score (nSPS) is 16.4. The molecule has 1 aromatic rings. The number of carbonyl (C=O) groups excluding carboxylic acids is 1. The average Bonchev–Trinajstić information content (AvgIpc) is 3.16. The minimum Gasteiger partial charge on any atom is -0.396 e. The van der Waals surface area contributed by atoms with Gasteiger partial charge in [0.05, 0.1) is 10.6 Å². The van der Waals surface area contributed by atoms with Crippen molar-refractivity contribution in [1.82, 2.24) is 5.32 Å². The lowest BCUT2D eigenvalue weighted by molar-refractivity contribution is 0.0924. The Labute approximate surface area is 120 Å². The van der Waals surface area contributed by atoms with Gasteiger partial charge in [-0.05, 0) is 53.2 Å². The maximum Gasteiger partial charge on any atom is 0.253 e. The molecule has 1 aliphatic carbocycles. The third-order valence-electron chi connectivity index (χ3n) is 3.14. The Balaban J connectivity index is 2.08. The third-order valence-corrected chi connectivity index (χ3v) is 4.44. The lowest BCUT2D eigenvalue weighted by atomic mass is 10.1. The molecule has 1 amide bonds. The van der Waals surface area contributed by atoms with Crippen molar-refractivity contribution < 1.29 is 9.90 Å². The van der Waals surface area contributed by atoms with Crippen LogP contribution in [0.15, 0.2) is 22.7 Å². The van der Waals surface area contributed by atoms with Gasteiger partial charge in [-0.2, -0.15) is 0 Å². The largest absolute Gasteiger partial charge is 0.396 e. The van der Waals surface area contributed by atoms with E-state index in [0.717, 1.165) is 12.8 Å². The molecule has 1 unspecified atom stereocenters. The smallest absolute Gasteiger partial charge is 0.253 e. The molecule has 0 saturated heterocycles. The van der Waals surface area contributed by atoms with Crippen LogP contribution in [0.2, 0.25) is 5.02 Å². The van der Waals surface area contributed by atoms with Gasteiger partial charge in [-0.15, -0.1) is 0 Å². The molecular weight excluding hydrogens is 318 g/mol. The van der Waals surface area contributed by atoms with Crippen LogP contribution >= 0.6 is 27.5 Å². The summed E-state index contributed by atoms with van der Waals surface area (Å²) in [5, 5.41) is 12.4. The van der Waals surface area contributed by atoms with E-state index in [2.05, 4.69) is 21.2 Å². The fourth-order valence-electron chi connectivity index (χ4n) is 1.99. The van der Waals surface area contributed by atoms with E-state index in [1.807, 2.05) is 0 Å². The summed E-state index contributed by atoms with van der Waals surface area (Å²) in [5.74, 6) is 0.332. The first-order valence-electron chi connectivity index (χ1n) is 5.99. The van der Waals surface area contributed by atoms with Crippen LogP contribution < -0.4 is 5.32 Å². The molecule has 2 N–H and O–H groups in total. The molecule has 3 nitrogen and oxygen atoms in total. The number of nitrogens with one attached hydrogen (secondary N) is 1. The van der Waals surface area contributed by atoms with Gasteiger partial charge in [0, 0.05) is 17.1 Å². The van der Waals surface area contributed by atoms with E-state index < -0.39 is 0 Å². The molecule has 1 saturated carbocycles. The van der Waals surface area contributed by atoms with E-state index >= 15 is 0 Å². The van der Waals surface area contributed by atoms with Crippen LogP contribution in [-0.4, -0.2) is 23.7 Å². The Morgan fingerprint density at radius 2 is 2.28 bits per heavy atom. The van der Waals surface area contributed by atoms with Crippen molar-refractivity contribution >= 4 is 33.4 Å². The Bertz CT molecular complexity index is 449. The summed E-state index contributed by atoms with van der Waals surface area (Å²) in [6.45, 7) is 0.0909. The molecule has 5 heteroatoms. The molecule has 98 valence electrons. The van der Waals surface area contributed by atoms with E-state index in [4.69, 9.17) is 16.7 Å². The van der Waals surface area contributed by atoms with Crippen LogP contribution in [0, 0.1) is 5.92 Å². The van der Waals surface area contributed by atoms with E-state index in [1.54, 1.807) is 18.2 Å². The Hall–Kier alpha value is -0.580. The SMILES string of the molecule is O=C(NC(CCO)C1CC1)c1cccc(Br)c1Cl. The van der Waals surface area contributed by atoms with Gasteiger partial charge < -0.3 is 10.4 Å². The second kappa shape index (κ2) is 6.04. The van der Waals surface area contributed by atoms with Crippen molar-refractivity contribution in [3.8, 4) is 0 Å². The van der Waals surface area contributed by atoms with Crippen LogP contribution in [0.25, 0.3) is 0 Å². The van der Waals surface area contributed by atoms with Crippen molar-refractivity contribution in [1.29, 1.82) is 0 Å². The average molecular weight is 333 g/mol. The zero-order chi connectivity index (χ0) is 13.1. The Morgan fingerprint density at radius 3 is 2.89 bits per heavy atom. The second-order valence-electron chi connectivity index (χ2n) is 4.53. The fraction of sp³-hybridized carbons (Fsp3) is 0.462. The van der Waals surface area contributed by atoms with E-state index in [1.165, 1.54) is 0 Å². The molecule has 0 heterocycles. The van der Waals surface area contributed by atoms with E-state index in [0.29, 0.717) is 27.4 Å². The van der Waals surface area contributed by atoms with Gasteiger partial charge in [0.2, 0.25) is 0 Å². The fourth-order valence-corrected chi connectivity index (χ4v) is 2.57. The van der Waals surface area contributed by atoms with Gasteiger partial charge in [-0.25, -0.2) is 0 Å². The maximum absolute atomic E-state index is 12.1. The monoisotopic (exact) mass is 331 g/mol. The minimum atomic E-state index is -0.174. The third kappa shape index (κ3) is 3.25. The van der Waals surface area contributed by atoms with Crippen LogP contribution in [0.1, 0.15) is 29.6 Å². The lowest BCUT2D eigenvalue weighted by Crippen LogP contribution is -2.37. The highest BCUT2D eigenvalue weighted by molar-refractivity contribution is 9.10. The molecule has 0 bridgehead atoms. The number of halogens is 2. The zero-order valence-electron chi connectivity index (χ0n) is 9.83. The highest BCUT2D eigenvalue weighted by Gasteiger charge is 2.32. The number of benzene rings is 1. The summed E-state index contributed by atoms with van der Waals surface area (Å²) in [7, 11) is 0. The van der Waals surface area contributed by atoms with Gasteiger partial charge in [-0.1, -0.05) is 17.7 Å². The molecule has 1 atom stereocenters. The van der Waals surface area contributed by atoms with Crippen molar-refractivity contribution in [3.63, 3.8) is 0 Å². The molecule has 0 spiro atoms. The van der Waals surface area contributed by atoms with Gasteiger partial charge in [0.15, 0.2) is 0 Å². The molecule has 0 radical (unpaired) electrons. The van der Waals surface area contributed by atoms with E-state index in [-0.39, 0.29) is 18.6 Å². The summed E-state index contributed by atoms with van der Waals surface area (Å²) in [6.07, 6.45) is 2.84. The van der Waals surface area contributed by atoms with Crippen molar-refractivity contribution in [3.05, 3.63) is 33.3 Å². The number of carbonyl (C=O) groups is 1. The Kier molecular flexibility index (Phi) is 4.65. The molecule has 18 heavy (non-hydrogen) atoms. The number of hydrogen-bond acceptors (Lipinski definition) is 2. The summed E-state index contributed by atoms with van der Waals surface area (Å²) in [4.78, 5) is 12.1. The van der Waals surface area contributed by atoms with E-state index in [9.17, 15) is 4.79 Å². The van der Waals surface area contributed by atoms with Crippen LogP contribution in [0.5, 0.6) is 0 Å². The summed E-state index contributed by atoms with van der Waals surface area (Å²) in [6, 6.07) is 5.33. The molecular formula is C13H15BrClNO2. The molecule has 0 aromatic heterocycles. The highest BCUT2D eigenvalue weighted by atomic mass is 79.9. The topological polar surface area (TPSA) is 49.3 Å². The first-order valence-corrected chi connectivity index (χ1v) is 7.16. The predicted molar refractivity (Wildman–Crippen MR) is 74.8 cm³/mol. The minimum absolute atomic E-state index is 0.0533. The number of aliphatic hydroxyl groups is 1. The predicted octanol–water partition coefficient (Wildman–Crippen LogP) is 2.99. The van der Waals surface area contributed by atoms with Gasteiger partial charge in [-0.3, -0.25) is 4.79 Å². The molecule has 1 aromatic carbocycles. The van der Waals surface area contributed by atoms with Crippen LogP contribution in [-0.2, 0) is 0 Å². The maximum atomic E-state index is 12.1. The number of hydrogen-bond donors (Lipinski definition) is 2. The molecule has 1 fully saturated rings. The first kappa shape index (κ1) is 13.8. The zero-order valence-corrected chi connectivity index (χ0v) is 12.2. The number of rotatable bonds is 5. The number of aliphatic hydroxyl groups excluding tert-OH is 1.